The van der Waals surface area contributed by atoms with E-state index in [0.717, 1.165) is 11.1 Å². The second kappa shape index (κ2) is 9.47. The molecule has 3 rings (SSSR count). The average molecular weight is 421 g/mol. The molecule has 7 heteroatoms. The number of carbonyl (C=O) groups excluding carboxylic acids is 2. The molecule has 0 atom stereocenters. The molecule has 3 aromatic rings. The summed E-state index contributed by atoms with van der Waals surface area (Å²) in [6.45, 7) is 8.13. The van der Waals surface area contributed by atoms with Gasteiger partial charge in [-0.15, -0.1) is 0 Å². The molecular formula is C24H27N3O4. The third kappa shape index (κ3) is 5.94. The summed E-state index contributed by atoms with van der Waals surface area (Å²) in [5.41, 5.74) is 2.24. The van der Waals surface area contributed by atoms with Gasteiger partial charge in [0, 0.05) is 23.9 Å². The molecule has 31 heavy (non-hydrogen) atoms. The second-order valence-electron chi connectivity index (χ2n) is 8.05. The molecule has 1 heterocycles. The van der Waals surface area contributed by atoms with Gasteiger partial charge in [-0.2, -0.15) is 0 Å². The first-order chi connectivity index (χ1) is 14.8. The lowest BCUT2D eigenvalue weighted by atomic mass is 10.1. The molecular weight excluding hydrogens is 394 g/mol. The maximum Gasteiger partial charge on any atom is 0.410 e. The molecule has 2 aromatic carbocycles. The molecule has 0 unspecified atom stereocenters. The van der Waals surface area contributed by atoms with Crippen LogP contribution in [0.25, 0.3) is 11.3 Å². The van der Waals surface area contributed by atoms with E-state index in [2.05, 4.69) is 10.5 Å². The van der Waals surface area contributed by atoms with Gasteiger partial charge < -0.3 is 19.5 Å². The number of anilines is 1. The molecule has 0 bridgehead atoms. The lowest BCUT2D eigenvalue weighted by molar-refractivity contribution is 0.0245. The van der Waals surface area contributed by atoms with Crippen molar-refractivity contribution >= 4 is 17.7 Å². The zero-order valence-electron chi connectivity index (χ0n) is 18.2. The van der Waals surface area contributed by atoms with E-state index in [1.54, 1.807) is 17.0 Å². The summed E-state index contributed by atoms with van der Waals surface area (Å²) in [5, 5.41) is 6.84. The molecule has 2 amide bonds. The summed E-state index contributed by atoms with van der Waals surface area (Å²) in [6, 6.07) is 18.4. The van der Waals surface area contributed by atoms with Crippen molar-refractivity contribution in [2.24, 2.45) is 0 Å². The van der Waals surface area contributed by atoms with Gasteiger partial charge in [0.25, 0.3) is 5.91 Å². The number of hydrogen-bond acceptors (Lipinski definition) is 5. The minimum absolute atomic E-state index is 0.105. The van der Waals surface area contributed by atoms with E-state index in [0.29, 0.717) is 24.5 Å². The van der Waals surface area contributed by atoms with Crippen LogP contribution in [0.1, 0.15) is 43.8 Å². The van der Waals surface area contributed by atoms with Gasteiger partial charge in [0.1, 0.15) is 11.3 Å². The number of nitrogens with one attached hydrogen (secondary N) is 1. The Hall–Kier alpha value is -3.61. The number of carbonyl (C=O) groups is 2. The Morgan fingerprint density at radius 3 is 2.42 bits per heavy atom. The van der Waals surface area contributed by atoms with Crippen molar-refractivity contribution in [3.8, 4) is 11.3 Å². The quantitative estimate of drug-likeness (QED) is 0.580. The first kappa shape index (κ1) is 22.1. The van der Waals surface area contributed by atoms with Gasteiger partial charge in [-0.05, 0) is 39.3 Å². The van der Waals surface area contributed by atoms with Gasteiger partial charge in [0.05, 0.1) is 6.54 Å². The number of ether oxygens (including phenoxy) is 1. The van der Waals surface area contributed by atoms with Crippen molar-refractivity contribution < 1.29 is 18.8 Å². The first-order valence-corrected chi connectivity index (χ1v) is 10.2. The summed E-state index contributed by atoms with van der Waals surface area (Å²) < 4.78 is 10.7. The highest BCUT2D eigenvalue weighted by Crippen LogP contribution is 2.22. The number of amides is 2. The van der Waals surface area contributed by atoms with Crippen LogP contribution in [0.2, 0.25) is 0 Å². The third-order valence-electron chi connectivity index (χ3n) is 4.46. The molecule has 0 spiro atoms. The predicted molar refractivity (Wildman–Crippen MR) is 119 cm³/mol. The Labute approximate surface area is 182 Å². The second-order valence-corrected chi connectivity index (χ2v) is 8.05. The minimum atomic E-state index is -0.582. The van der Waals surface area contributed by atoms with Crippen LogP contribution in [0.3, 0.4) is 0 Å². The van der Waals surface area contributed by atoms with E-state index in [-0.39, 0.29) is 5.76 Å². The molecule has 1 N–H and O–H groups in total. The van der Waals surface area contributed by atoms with Gasteiger partial charge in [0.2, 0.25) is 5.76 Å². The molecule has 0 aliphatic heterocycles. The van der Waals surface area contributed by atoms with Crippen LogP contribution >= 0.6 is 0 Å². The Morgan fingerprint density at radius 2 is 1.74 bits per heavy atom. The summed E-state index contributed by atoms with van der Waals surface area (Å²) in [7, 11) is 0. The Kier molecular flexibility index (Phi) is 6.74. The molecule has 0 radical (unpaired) electrons. The highest BCUT2D eigenvalue weighted by Gasteiger charge is 2.22. The smallest absolute Gasteiger partial charge is 0.410 e. The number of rotatable bonds is 6. The monoisotopic (exact) mass is 421 g/mol. The van der Waals surface area contributed by atoms with Gasteiger partial charge in [-0.25, -0.2) is 4.79 Å². The van der Waals surface area contributed by atoms with Crippen LogP contribution in [-0.2, 0) is 11.3 Å². The Bertz CT molecular complexity index is 1040. The van der Waals surface area contributed by atoms with Gasteiger partial charge >= 0.3 is 6.09 Å². The van der Waals surface area contributed by atoms with Crippen molar-refractivity contribution in [1.82, 2.24) is 10.1 Å². The van der Waals surface area contributed by atoms with Gasteiger partial charge in [-0.3, -0.25) is 4.79 Å². The van der Waals surface area contributed by atoms with Crippen molar-refractivity contribution in [1.29, 1.82) is 0 Å². The molecule has 162 valence electrons. The molecule has 0 aliphatic rings. The SMILES string of the molecule is CCN(Cc1ccccc1NC(=O)c1cc(-c2ccccc2)no1)C(=O)OC(C)(C)C. The van der Waals surface area contributed by atoms with E-state index < -0.39 is 17.6 Å². The summed E-state index contributed by atoms with van der Waals surface area (Å²) >= 11 is 0. The zero-order chi connectivity index (χ0) is 22.4. The lowest BCUT2D eigenvalue weighted by Crippen LogP contribution is -2.36. The normalized spacial score (nSPS) is 11.1. The lowest BCUT2D eigenvalue weighted by Gasteiger charge is -2.27. The molecule has 0 saturated carbocycles. The minimum Gasteiger partial charge on any atom is -0.444 e. The first-order valence-electron chi connectivity index (χ1n) is 10.2. The number of hydrogen-bond donors (Lipinski definition) is 1. The van der Waals surface area contributed by atoms with Crippen LogP contribution < -0.4 is 5.32 Å². The summed E-state index contributed by atoms with van der Waals surface area (Å²) in [4.78, 5) is 26.8. The highest BCUT2D eigenvalue weighted by atomic mass is 16.6. The fraction of sp³-hybridized carbons (Fsp3) is 0.292. The van der Waals surface area contributed by atoms with Crippen LogP contribution in [0.5, 0.6) is 0 Å². The van der Waals surface area contributed by atoms with Crippen molar-refractivity contribution in [3.05, 3.63) is 72.0 Å². The summed E-state index contributed by atoms with van der Waals surface area (Å²) in [6.07, 6.45) is -0.404. The van der Waals surface area contributed by atoms with Crippen LogP contribution in [0, 0.1) is 0 Å². The van der Waals surface area contributed by atoms with Gasteiger partial charge in [0.15, 0.2) is 0 Å². The van der Waals surface area contributed by atoms with Gasteiger partial charge in [-0.1, -0.05) is 53.7 Å². The Morgan fingerprint density at radius 1 is 1.06 bits per heavy atom. The van der Waals surface area contributed by atoms with Crippen molar-refractivity contribution in [2.75, 3.05) is 11.9 Å². The molecule has 7 nitrogen and oxygen atoms in total. The van der Waals surface area contributed by atoms with E-state index >= 15 is 0 Å². The molecule has 0 fully saturated rings. The average Bonchev–Trinajstić information content (AvgIpc) is 3.23. The van der Waals surface area contributed by atoms with Crippen LogP contribution in [0.4, 0.5) is 10.5 Å². The number of aromatic nitrogens is 1. The van der Waals surface area contributed by atoms with Crippen LogP contribution in [0.15, 0.2) is 65.2 Å². The maximum absolute atomic E-state index is 12.7. The standard InChI is InChI=1S/C24H27N3O4/c1-5-27(23(29)30-24(2,3)4)16-18-13-9-10-14-19(18)25-22(28)21-15-20(26-31-21)17-11-7-6-8-12-17/h6-15H,5,16H2,1-4H3,(H,25,28). The van der Waals surface area contributed by atoms with Crippen molar-refractivity contribution in [3.63, 3.8) is 0 Å². The van der Waals surface area contributed by atoms with E-state index in [1.807, 2.05) is 76.2 Å². The maximum atomic E-state index is 12.7. The van der Waals surface area contributed by atoms with E-state index in [4.69, 9.17) is 9.26 Å². The van der Waals surface area contributed by atoms with E-state index in [9.17, 15) is 9.59 Å². The van der Waals surface area contributed by atoms with Crippen LogP contribution in [-0.4, -0.2) is 34.2 Å². The number of nitrogens with zero attached hydrogens (tertiary/aromatic N) is 2. The molecule has 1 aromatic heterocycles. The molecule has 0 aliphatic carbocycles. The fourth-order valence-electron chi connectivity index (χ4n) is 2.93. The largest absolute Gasteiger partial charge is 0.444 e. The number of para-hydroxylation sites is 1. The zero-order valence-corrected chi connectivity index (χ0v) is 18.2. The van der Waals surface area contributed by atoms with Crippen molar-refractivity contribution in [2.45, 2.75) is 39.8 Å². The van der Waals surface area contributed by atoms with E-state index in [1.165, 1.54) is 0 Å². The topological polar surface area (TPSA) is 84.7 Å². The fourth-order valence-corrected chi connectivity index (χ4v) is 2.93. The molecule has 0 saturated heterocycles. The number of benzene rings is 2. The highest BCUT2D eigenvalue weighted by molar-refractivity contribution is 6.03. The predicted octanol–water partition coefficient (Wildman–Crippen LogP) is 5.35. The third-order valence-corrected chi connectivity index (χ3v) is 4.46. The summed E-state index contributed by atoms with van der Waals surface area (Å²) in [5.74, 6) is -0.310. The Balaban J connectivity index is 1.74.